The average molecular weight is 330 g/mol. The summed E-state index contributed by atoms with van der Waals surface area (Å²) in [7, 11) is 1.16. The Balaban J connectivity index is 2.68. The van der Waals surface area contributed by atoms with Gasteiger partial charge in [0.05, 0.1) is 13.2 Å². The molecule has 0 saturated heterocycles. The topological polar surface area (TPSA) is 70.6 Å². The highest BCUT2D eigenvalue weighted by Crippen LogP contribution is 2.26. The number of halogens is 2. The smallest absolute Gasteiger partial charge is 0.319 e. The van der Waals surface area contributed by atoms with Gasteiger partial charge in [-0.05, 0) is 5.92 Å². The van der Waals surface area contributed by atoms with E-state index in [0.29, 0.717) is 0 Å². The van der Waals surface area contributed by atoms with Crippen LogP contribution in [0.1, 0.15) is 27.7 Å². The van der Waals surface area contributed by atoms with Crippen molar-refractivity contribution in [3.63, 3.8) is 0 Å². The standard InChI is InChI=1S/C16H24F2N2O3/c1-9(2)14(21)16(3,4)8-19-15(22)20-10-6-11(17)13(23-5)12(18)7-10/h6-7,9,14,21H,8H2,1-5H3,(H2,19,20,22). The van der Waals surface area contributed by atoms with E-state index >= 15 is 0 Å². The summed E-state index contributed by atoms with van der Waals surface area (Å²) < 4.78 is 31.7. The second-order valence-electron chi connectivity index (χ2n) is 6.46. The molecule has 2 amide bonds. The third-order valence-corrected chi connectivity index (χ3v) is 3.60. The number of benzene rings is 1. The largest absolute Gasteiger partial charge is 0.491 e. The molecule has 3 N–H and O–H groups in total. The number of aliphatic hydroxyl groups is 1. The van der Waals surface area contributed by atoms with Crippen LogP contribution in [0, 0.1) is 23.0 Å². The number of carbonyl (C=O) groups is 1. The van der Waals surface area contributed by atoms with Crippen molar-refractivity contribution in [1.82, 2.24) is 5.32 Å². The number of rotatable bonds is 6. The van der Waals surface area contributed by atoms with Crippen molar-refractivity contribution in [3.8, 4) is 5.75 Å². The first-order valence-corrected chi connectivity index (χ1v) is 7.34. The van der Waals surface area contributed by atoms with E-state index in [-0.39, 0.29) is 18.2 Å². The molecule has 1 aromatic rings. The maximum atomic E-state index is 13.6. The predicted octanol–water partition coefficient (Wildman–Crippen LogP) is 3.14. The zero-order valence-corrected chi connectivity index (χ0v) is 14.0. The van der Waals surface area contributed by atoms with Crippen LogP contribution >= 0.6 is 0 Å². The van der Waals surface area contributed by atoms with Gasteiger partial charge in [0.1, 0.15) is 0 Å². The molecule has 0 spiro atoms. The van der Waals surface area contributed by atoms with Gasteiger partial charge in [0.2, 0.25) is 0 Å². The van der Waals surface area contributed by atoms with Crippen LogP contribution in [0.3, 0.4) is 0 Å². The highest BCUT2D eigenvalue weighted by Gasteiger charge is 2.30. The Morgan fingerprint density at radius 2 is 1.83 bits per heavy atom. The van der Waals surface area contributed by atoms with Crippen molar-refractivity contribution in [2.75, 3.05) is 19.0 Å². The quantitative estimate of drug-likeness (QED) is 0.750. The Morgan fingerprint density at radius 1 is 1.30 bits per heavy atom. The fourth-order valence-electron chi connectivity index (χ4n) is 2.32. The minimum absolute atomic E-state index is 0.0273. The van der Waals surface area contributed by atoms with Crippen molar-refractivity contribution in [2.24, 2.45) is 11.3 Å². The zero-order valence-electron chi connectivity index (χ0n) is 14.0. The summed E-state index contributed by atoms with van der Waals surface area (Å²) in [6.07, 6.45) is -0.598. The van der Waals surface area contributed by atoms with Crippen molar-refractivity contribution >= 4 is 11.7 Å². The number of anilines is 1. The van der Waals surface area contributed by atoms with Gasteiger partial charge in [-0.1, -0.05) is 27.7 Å². The summed E-state index contributed by atoms with van der Waals surface area (Å²) in [5.74, 6) is -2.27. The molecule has 0 aliphatic heterocycles. The molecule has 1 atom stereocenters. The molecule has 7 heteroatoms. The lowest BCUT2D eigenvalue weighted by Crippen LogP contribution is -2.44. The van der Waals surface area contributed by atoms with Crippen LogP contribution in [0.4, 0.5) is 19.3 Å². The second-order valence-corrected chi connectivity index (χ2v) is 6.46. The summed E-state index contributed by atoms with van der Waals surface area (Å²) in [6, 6.07) is 1.32. The van der Waals surface area contributed by atoms with Gasteiger partial charge in [-0.15, -0.1) is 0 Å². The van der Waals surface area contributed by atoms with E-state index in [1.54, 1.807) is 0 Å². The van der Waals surface area contributed by atoms with Gasteiger partial charge in [0.25, 0.3) is 0 Å². The molecule has 130 valence electrons. The van der Waals surface area contributed by atoms with Crippen molar-refractivity contribution in [1.29, 1.82) is 0 Å². The molecule has 0 heterocycles. The third-order valence-electron chi connectivity index (χ3n) is 3.60. The summed E-state index contributed by atoms with van der Waals surface area (Å²) in [5.41, 5.74) is -0.567. The van der Waals surface area contributed by atoms with Crippen LogP contribution < -0.4 is 15.4 Å². The molecular weight excluding hydrogens is 306 g/mol. The van der Waals surface area contributed by atoms with Crippen LogP contribution in [-0.4, -0.2) is 30.9 Å². The molecule has 1 unspecified atom stereocenters. The molecule has 5 nitrogen and oxygen atoms in total. The normalized spacial score (nSPS) is 12.9. The lowest BCUT2D eigenvalue weighted by Gasteiger charge is -2.33. The van der Waals surface area contributed by atoms with E-state index in [2.05, 4.69) is 15.4 Å². The fraction of sp³-hybridized carbons (Fsp3) is 0.562. The molecule has 0 radical (unpaired) electrons. The number of aliphatic hydroxyl groups excluding tert-OH is 1. The highest BCUT2D eigenvalue weighted by atomic mass is 19.1. The van der Waals surface area contributed by atoms with Gasteiger partial charge in [-0.25, -0.2) is 13.6 Å². The van der Waals surface area contributed by atoms with Crippen LogP contribution in [0.15, 0.2) is 12.1 Å². The molecule has 0 aliphatic rings. The monoisotopic (exact) mass is 330 g/mol. The first kappa shape index (κ1) is 19.2. The number of amides is 2. The van der Waals surface area contributed by atoms with Crippen molar-refractivity contribution < 1.29 is 23.4 Å². The molecule has 0 saturated carbocycles. The van der Waals surface area contributed by atoms with Crippen LogP contribution in [0.5, 0.6) is 5.75 Å². The highest BCUT2D eigenvalue weighted by molar-refractivity contribution is 5.89. The number of urea groups is 1. The first-order valence-electron chi connectivity index (χ1n) is 7.34. The SMILES string of the molecule is COc1c(F)cc(NC(=O)NCC(C)(C)C(O)C(C)C)cc1F. The Labute approximate surface area is 135 Å². The van der Waals surface area contributed by atoms with Gasteiger partial charge in [-0.3, -0.25) is 0 Å². The zero-order chi connectivity index (χ0) is 17.8. The number of hydrogen-bond acceptors (Lipinski definition) is 3. The lowest BCUT2D eigenvalue weighted by molar-refractivity contribution is 0.0154. The number of carbonyl (C=O) groups excluding carboxylic acids is 1. The maximum Gasteiger partial charge on any atom is 0.319 e. The summed E-state index contributed by atoms with van der Waals surface area (Å²) in [4.78, 5) is 11.8. The Morgan fingerprint density at radius 3 is 2.26 bits per heavy atom. The maximum absolute atomic E-state index is 13.6. The fourth-order valence-corrected chi connectivity index (χ4v) is 2.32. The van der Waals surface area contributed by atoms with E-state index in [4.69, 9.17) is 0 Å². The first-order chi connectivity index (χ1) is 10.6. The van der Waals surface area contributed by atoms with E-state index < -0.39 is 34.9 Å². The molecular formula is C16H24F2N2O3. The number of ether oxygens (including phenoxy) is 1. The molecule has 0 bridgehead atoms. The molecule has 0 aromatic heterocycles. The Kier molecular flexibility index (Phi) is 6.32. The summed E-state index contributed by atoms with van der Waals surface area (Å²) in [5, 5.41) is 15.0. The van der Waals surface area contributed by atoms with Crippen molar-refractivity contribution in [3.05, 3.63) is 23.8 Å². The summed E-state index contributed by atoms with van der Waals surface area (Å²) >= 11 is 0. The van der Waals surface area contributed by atoms with Gasteiger partial charge in [0, 0.05) is 29.8 Å². The van der Waals surface area contributed by atoms with Crippen molar-refractivity contribution in [2.45, 2.75) is 33.8 Å². The van der Waals surface area contributed by atoms with E-state index in [1.165, 1.54) is 0 Å². The molecule has 0 aliphatic carbocycles. The van der Waals surface area contributed by atoms with E-state index in [0.717, 1.165) is 19.2 Å². The molecule has 1 aromatic carbocycles. The van der Waals surface area contributed by atoms with Gasteiger partial charge < -0.3 is 20.5 Å². The number of nitrogens with one attached hydrogen (secondary N) is 2. The molecule has 23 heavy (non-hydrogen) atoms. The summed E-state index contributed by atoms with van der Waals surface area (Å²) in [6.45, 7) is 7.62. The lowest BCUT2D eigenvalue weighted by atomic mass is 9.81. The van der Waals surface area contributed by atoms with E-state index in [1.807, 2.05) is 27.7 Å². The van der Waals surface area contributed by atoms with E-state index in [9.17, 15) is 18.7 Å². The molecule has 0 fully saturated rings. The number of methoxy groups -OCH3 is 1. The molecule has 1 rings (SSSR count). The number of hydrogen-bond donors (Lipinski definition) is 3. The van der Waals surface area contributed by atoms with Crippen LogP contribution in [0.25, 0.3) is 0 Å². The predicted molar refractivity (Wildman–Crippen MR) is 84.6 cm³/mol. The Bertz CT molecular complexity index is 539. The van der Waals surface area contributed by atoms with Gasteiger partial charge >= 0.3 is 6.03 Å². The minimum Gasteiger partial charge on any atom is -0.491 e. The third kappa shape index (κ3) is 5.06. The van der Waals surface area contributed by atoms with Gasteiger partial charge in [0.15, 0.2) is 17.4 Å². The minimum atomic E-state index is -0.904. The average Bonchev–Trinajstić information content (AvgIpc) is 2.44. The van der Waals surface area contributed by atoms with Crippen LogP contribution in [-0.2, 0) is 0 Å². The Hall–Kier alpha value is -1.89. The van der Waals surface area contributed by atoms with Gasteiger partial charge in [-0.2, -0.15) is 0 Å². The second kappa shape index (κ2) is 7.59. The van der Waals surface area contributed by atoms with Crippen LogP contribution in [0.2, 0.25) is 0 Å².